The van der Waals surface area contributed by atoms with E-state index in [2.05, 4.69) is 54.0 Å². The maximum Gasteiger partial charge on any atom is 0.124 e. The number of hydrogen-bond donors (Lipinski definition) is 0. The van der Waals surface area contributed by atoms with Crippen molar-refractivity contribution in [1.29, 1.82) is 0 Å². The lowest BCUT2D eigenvalue weighted by molar-refractivity contribution is 0.626. The maximum atomic E-state index is 13.1. The number of rotatable bonds is 4. The molecule has 0 N–H and O–H groups in total. The van der Waals surface area contributed by atoms with E-state index >= 15 is 0 Å². The van der Waals surface area contributed by atoms with Crippen molar-refractivity contribution in [2.75, 3.05) is 0 Å². The Bertz CT molecular complexity index is 580. The van der Waals surface area contributed by atoms with Crippen LogP contribution in [0.4, 0.5) is 4.39 Å². The van der Waals surface area contributed by atoms with Crippen LogP contribution in [0.1, 0.15) is 48.3 Å². The van der Waals surface area contributed by atoms with Gasteiger partial charge in [-0.1, -0.05) is 60.1 Å². The second-order valence-electron chi connectivity index (χ2n) is 5.00. The van der Waals surface area contributed by atoms with Crippen molar-refractivity contribution in [2.24, 2.45) is 0 Å². The first-order valence-electron chi connectivity index (χ1n) is 6.71. The molecule has 0 heterocycles. The van der Waals surface area contributed by atoms with Crippen LogP contribution in [0.5, 0.6) is 0 Å². The van der Waals surface area contributed by atoms with Crippen molar-refractivity contribution >= 4 is 27.5 Å². The molecule has 0 spiro atoms. The normalized spacial score (nSPS) is 14.1. The SMILES string of the molecule is CCC(C)c1ccc(C(Cl)c2ccc(F)cc2Br)cc1. The van der Waals surface area contributed by atoms with Gasteiger partial charge in [0.05, 0.1) is 5.38 Å². The van der Waals surface area contributed by atoms with Crippen LogP contribution in [0.3, 0.4) is 0 Å². The monoisotopic (exact) mass is 354 g/mol. The van der Waals surface area contributed by atoms with E-state index in [0.29, 0.717) is 10.4 Å². The number of halogens is 3. The van der Waals surface area contributed by atoms with Crippen molar-refractivity contribution in [3.05, 3.63) is 69.4 Å². The maximum absolute atomic E-state index is 13.1. The molecule has 106 valence electrons. The van der Waals surface area contributed by atoms with Gasteiger partial charge in [-0.3, -0.25) is 0 Å². The van der Waals surface area contributed by atoms with Gasteiger partial charge in [0.1, 0.15) is 5.82 Å². The summed E-state index contributed by atoms with van der Waals surface area (Å²) in [6.45, 7) is 4.39. The predicted octanol–water partition coefficient (Wildman–Crippen LogP) is 6.43. The molecule has 2 rings (SSSR count). The zero-order valence-electron chi connectivity index (χ0n) is 11.5. The topological polar surface area (TPSA) is 0 Å². The molecule has 0 saturated heterocycles. The van der Waals surface area contributed by atoms with Gasteiger partial charge >= 0.3 is 0 Å². The second-order valence-corrected chi connectivity index (χ2v) is 6.30. The van der Waals surface area contributed by atoms with Crippen LogP contribution in [0.2, 0.25) is 0 Å². The van der Waals surface area contributed by atoms with Gasteiger partial charge in [0.15, 0.2) is 0 Å². The van der Waals surface area contributed by atoms with E-state index in [4.69, 9.17) is 11.6 Å². The summed E-state index contributed by atoms with van der Waals surface area (Å²) >= 11 is 9.87. The zero-order chi connectivity index (χ0) is 14.7. The molecule has 2 aromatic carbocycles. The Morgan fingerprint density at radius 2 is 1.70 bits per heavy atom. The minimum Gasteiger partial charge on any atom is -0.207 e. The highest BCUT2D eigenvalue weighted by molar-refractivity contribution is 9.10. The van der Waals surface area contributed by atoms with Gasteiger partial charge in [-0.05, 0) is 41.2 Å². The Balaban J connectivity index is 2.26. The van der Waals surface area contributed by atoms with Gasteiger partial charge in [0.2, 0.25) is 0 Å². The van der Waals surface area contributed by atoms with E-state index in [1.807, 2.05) is 0 Å². The molecule has 2 unspecified atom stereocenters. The summed E-state index contributed by atoms with van der Waals surface area (Å²) in [5.74, 6) is 0.284. The third kappa shape index (κ3) is 3.42. The molecule has 0 fully saturated rings. The van der Waals surface area contributed by atoms with E-state index in [1.54, 1.807) is 6.07 Å². The molecule has 0 aliphatic heterocycles. The average molecular weight is 356 g/mol. The van der Waals surface area contributed by atoms with Gasteiger partial charge in [0, 0.05) is 4.47 Å². The molecular formula is C17H17BrClF. The Morgan fingerprint density at radius 3 is 2.25 bits per heavy atom. The van der Waals surface area contributed by atoms with E-state index in [-0.39, 0.29) is 11.2 Å². The Hall–Kier alpha value is -0.860. The van der Waals surface area contributed by atoms with Crippen molar-refractivity contribution in [1.82, 2.24) is 0 Å². The highest BCUT2D eigenvalue weighted by atomic mass is 79.9. The largest absolute Gasteiger partial charge is 0.207 e. The third-order valence-corrected chi connectivity index (χ3v) is 4.82. The van der Waals surface area contributed by atoms with Crippen LogP contribution in [0, 0.1) is 5.82 Å². The summed E-state index contributed by atoms with van der Waals surface area (Å²) in [4.78, 5) is 0. The number of alkyl halides is 1. The van der Waals surface area contributed by atoms with E-state index in [9.17, 15) is 4.39 Å². The Morgan fingerprint density at radius 1 is 1.10 bits per heavy atom. The fraction of sp³-hybridized carbons (Fsp3) is 0.294. The van der Waals surface area contributed by atoms with Crippen LogP contribution in [-0.4, -0.2) is 0 Å². The highest BCUT2D eigenvalue weighted by Gasteiger charge is 2.15. The fourth-order valence-corrected chi connectivity index (χ4v) is 3.16. The molecule has 0 aliphatic rings. The lowest BCUT2D eigenvalue weighted by atomic mass is 9.96. The third-order valence-electron chi connectivity index (χ3n) is 3.65. The molecule has 0 aliphatic carbocycles. The van der Waals surface area contributed by atoms with E-state index in [0.717, 1.165) is 17.5 Å². The minimum absolute atomic E-state index is 0.267. The summed E-state index contributed by atoms with van der Waals surface area (Å²) in [7, 11) is 0. The van der Waals surface area contributed by atoms with Crippen LogP contribution < -0.4 is 0 Å². The van der Waals surface area contributed by atoms with Crippen LogP contribution in [-0.2, 0) is 0 Å². The fourth-order valence-electron chi connectivity index (χ4n) is 2.12. The van der Waals surface area contributed by atoms with Gasteiger partial charge in [-0.2, -0.15) is 0 Å². The molecule has 0 aromatic heterocycles. The first kappa shape index (κ1) is 15.5. The van der Waals surface area contributed by atoms with Gasteiger partial charge < -0.3 is 0 Å². The number of hydrogen-bond acceptors (Lipinski definition) is 0. The average Bonchev–Trinajstić information content (AvgIpc) is 2.46. The van der Waals surface area contributed by atoms with Crippen LogP contribution in [0.15, 0.2) is 46.9 Å². The van der Waals surface area contributed by atoms with Crippen molar-refractivity contribution in [3.8, 4) is 0 Å². The molecule has 0 bridgehead atoms. The Labute approximate surface area is 133 Å². The standard InChI is InChI=1S/C17H17BrClF/c1-3-11(2)12-4-6-13(7-5-12)17(19)15-9-8-14(20)10-16(15)18/h4-11,17H,3H2,1-2H3. The first-order chi connectivity index (χ1) is 9.52. The van der Waals surface area contributed by atoms with Crippen LogP contribution in [0.25, 0.3) is 0 Å². The highest BCUT2D eigenvalue weighted by Crippen LogP contribution is 2.34. The molecular weight excluding hydrogens is 339 g/mol. The van der Waals surface area contributed by atoms with E-state index < -0.39 is 0 Å². The molecule has 2 aromatic rings. The molecule has 20 heavy (non-hydrogen) atoms. The summed E-state index contributed by atoms with van der Waals surface area (Å²) in [6.07, 6.45) is 1.12. The predicted molar refractivity (Wildman–Crippen MR) is 86.9 cm³/mol. The van der Waals surface area contributed by atoms with E-state index in [1.165, 1.54) is 17.7 Å². The van der Waals surface area contributed by atoms with Crippen LogP contribution >= 0.6 is 27.5 Å². The Kier molecular flexibility index (Phi) is 5.22. The molecule has 0 nitrogen and oxygen atoms in total. The molecule has 2 atom stereocenters. The summed E-state index contributed by atoms with van der Waals surface area (Å²) in [6, 6.07) is 12.9. The smallest absolute Gasteiger partial charge is 0.124 e. The zero-order valence-corrected chi connectivity index (χ0v) is 13.9. The lowest BCUT2D eigenvalue weighted by Crippen LogP contribution is -1.97. The molecule has 0 saturated carbocycles. The van der Waals surface area contributed by atoms with Gasteiger partial charge in [-0.25, -0.2) is 4.39 Å². The summed E-state index contributed by atoms with van der Waals surface area (Å²) < 4.78 is 13.8. The first-order valence-corrected chi connectivity index (χ1v) is 7.94. The van der Waals surface area contributed by atoms with Crippen molar-refractivity contribution < 1.29 is 4.39 Å². The molecule has 0 amide bonds. The summed E-state index contributed by atoms with van der Waals surface area (Å²) in [5, 5.41) is -0.282. The lowest BCUT2D eigenvalue weighted by Gasteiger charge is -2.14. The van der Waals surface area contributed by atoms with Gasteiger partial charge in [0.25, 0.3) is 0 Å². The molecule has 3 heteroatoms. The van der Waals surface area contributed by atoms with Crippen molar-refractivity contribution in [3.63, 3.8) is 0 Å². The quantitative estimate of drug-likeness (QED) is 0.554. The molecule has 0 radical (unpaired) electrons. The van der Waals surface area contributed by atoms with Crippen molar-refractivity contribution in [2.45, 2.75) is 31.6 Å². The summed E-state index contributed by atoms with van der Waals surface area (Å²) in [5.41, 5.74) is 3.22. The second kappa shape index (κ2) is 6.73. The minimum atomic E-state index is -0.282. The number of benzene rings is 2. The van der Waals surface area contributed by atoms with Gasteiger partial charge in [-0.15, -0.1) is 11.6 Å².